The number of ether oxygens (including phenoxy) is 3. The summed E-state index contributed by atoms with van der Waals surface area (Å²) in [6, 6.07) is 6.39. The summed E-state index contributed by atoms with van der Waals surface area (Å²) in [5, 5.41) is 13.2. The molecule has 2 amide bonds. The Kier molecular flexibility index (Phi) is 14.3. The molecule has 9 nitrogen and oxygen atoms in total. The largest absolute Gasteiger partial charge is 0.493 e. The number of carbonyl (C=O) groups is 2. The zero-order chi connectivity index (χ0) is 27.3. The molecule has 1 aromatic carbocycles. The molecule has 4 N–H and O–H groups in total. The van der Waals surface area contributed by atoms with Crippen molar-refractivity contribution in [2.24, 2.45) is 17.6 Å². The molecule has 0 spiro atoms. The van der Waals surface area contributed by atoms with Gasteiger partial charge in [-0.1, -0.05) is 26.0 Å². The molecular weight excluding hydrogens is 486 g/mol. The van der Waals surface area contributed by atoms with Gasteiger partial charge < -0.3 is 30.4 Å². The summed E-state index contributed by atoms with van der Waals surface area (Å²) < 4.78 is 17.2. The average molecular weight is 530 g/mol. The molecule has 1 rings (SSSR count). The van der Waals surface area contributed by atoms with E-state index >= 15 is 0 Å². The number of unbranched alkanes of at least 4 members (excludes halogenated alkanes) is 1. The minimum Gasteiger partial charge on any atom is -0.493 e. The first-order valence-corrected chi connectivity index (χ1v) is 12.7. The van der Waals surface area contributed by atoms with E-state index in [1.54, 1.807) is 39.2 Å². The minimum atomic E-state index is -1.01. The molecule has 0 aliphatic rings. The molecule has 0 radical (unpaired) electrons. The molecule has 0 heterocycles. The van der Waals surface area contributed by atoms with Gasteiger partial charge >= 0.3 is 0 Å². The predicted molar refractivity (Wildman–Crippen MR) is 141 cm³/mol. The Hall–Kier alpha value is -1.91. The van der Waals surface area contributed by atoms with Crippen LogP contribution in [0.5, 0.6) is 5.75 Å². The quantitative estimate of drug-likeness (QED) is 0.209. The molecule has 10 heteroatoms. The highest BCUT2D eigenvalue weighted by molar-refractivity contribution is 6.24. The molecule has 1 aromatic rings. The average Bonchev–Trinajstić information content (AvgIpc) is 2.85. The van der Waals surface area contributed by atoms with Crippen molar-refractivity contribution in [1.29, 1.82) is 0 Å². The number of methoxy groups -OCH3 is 2. The first-order chi connectivity index (χ1) is 16.9. The van der Waals surface area contributed by atoms with Crippen LogP contribution in [-0.4, -0.2) is 79.6 Å². The highest BCUT2D eigenvalue weighted by Gasteiger charge is 2.30. The highest BCUT2D eigenvalue weighted by Crippen LogP contribution is 2.25. The summed E-state index contributed by atoms with van der Waals surface area (Å²) in [4.78, 5) is 25.3. The SMILES string of the molecule is COCCCCOc1ccccc1C(=O)N(Cl)C[C@@H](C[C@H](N)[C@@H](O)CNC(=O)C(C)(C)OC)C(C)C. The highest BCUT2D eigenvalue weighted by atomic mass is 35.5. The number of rotatable bonds is 17. The van der Waals surface area contributed by atoms with Gasteiger partial charge in [0.15, 0.2) is 0 Å². The molecule has 0 bridgehead atoms. The van der Waals surface area contributed by atoms with Crippen LogP contribution < -0.4 is 15.8 Å². The van der Waals surface area contributed by atoms with Crippen LogP contribution in [0.1, 0.15) is 57.3 Å². The van der Waals surface area contributed by atoms with Gasteiger partial charge in [0.2, 0.25) is 0 Å². The van der Waals surface area contributed by atoms with Crippen molar-refractivity contribution in [3.05, 3.63) is 29.8 Å². The van der Waals surface area contributed by atoms with Crippen LogP contribution in [0, 0.1) is 11.8 Å². The Morgan fingerprint density at radius 3 is 2.42 bits per heavy atom. The van der Waals surface area contributed by atoms with Crippen molar-refractivity contribution in [3.63, 3.8) is 0 Å². The molecule has 36 heavy (non-hydrogen) atoms. The zero-order valence-corrected chi connectivity index (χ0v) is 23.2. The fourth-order valence-electron chi connectivity index (χ4n) is 3.44. The lowest BCUT2D eigenvalue weighted by Gasteiger charge is -2.30. The normalized spacial score (nSPS) is 14.3. The molecule has 0 unspecified atom stereocenters. The van der Waals surface area contributed by atoms with E-state index in [1.807, 2.05) is 19.9 Å². The number of aliphatic hydroxyl groups excluding tert-OH is 1. The number of halogens is 1. The van der Waals surface area contributed by atoms with Gasteiger partial charge in [0.25, 0.3) is 11.8 Å². The Labute approximate surface area is 220 Å². The smallest absolute Gasteiger partial charge is 0.271 e. The van der Waals surface area contributed by atoms with Crippen molar-refractivity contribution in [2.75, 3.05) is 40.5 Å². The van der Waals surface area contributed by atoms with Crippen LogP contribution in [-0.2, 0) is 14.3 Å². The first kappa shape index (κ1) is 32.1. The molecule has 0 aliphatic carbocycles. The van der Waals surface area contributed by atoms with Crippen molar-refractivity contribution < 1.29 is 28.9 Å². The lowest BCUT2D eigenvalue weighted by atomic mass is 9.87. The third-order valence-corrected chi connectivity index (χ3v) is 6.57. The number of hydrogen-bond acceptors (Lipinski definition) is 7. The fraction of sp³-hybridized carbons (Fsp3) is 0.692. The van der Waals surface area contributed by atoms with Crippen LogP contribution in [0.25, 0.3) is 0 Å². The van der Waals surface area contributed by atoms with E-state index in [0.29, 0.717) is 30.9 Å². The maximum absolute atomic E-state index is 13.1. The summed E-state index contributed by atoms with van der Waals surface area (Å²) >= 11 is 6.45. The summed E-state index contributed by atoms with van der Waals surface area (Å²) in [7, 11) is 3.10. The van der Waals surface area contributed by atoms with Gasteiger partial charge in [-0.25, -0.2) is 0 Å². The number of para-hydroxylation sites is 1. The lowest BCUT2D eigenvalue weighted by molar-refractivity contribution is -0.140. The van der Waals surface area contributed by atoms with Crippen molar-refractivity contribution in [1.82, 2.24) is 9.74 Å². The van der Waals surface area contributed by atoms with Gasteiger partial charge in [-0.3, -0.25) is 14.0 Å². The fourth-order valence-corrected chi connectivity index (χ4v) is 3.71. The van der Waals surface area contributed by atoms with E-state index in [4.69, 9.17) is 31.7 Å². The monoisotopic (exact) mass is 529 g/mol. The number of aliphatic hydroxyl groups is 1. The van der Waals surface area contributed by atoms with E-state index in [2.05, 4.69) is 5.32 Å². The maximum Gasteiger partial charge on any atom is 0.271 e. The number of nitrogens with two attached hydrogens (primary N) is 1. The first-order valence-electron chi connectivity index (χ1n) is 12.4. The van der Waals surface area contributed by atoms with E-state index in [-0.39, 0.29) is 36.7 Å². The maximum atomic E-state index is 13.1. The Morgan fingerprint density at radius 2 is 1.81 bits per heavy atom. The van der Waals surface area contributed by atoms with Crippen molar-refractivity contribution in [3.8, 4) is 5.75 Å². The van der Waals surface area contributed by atoms with Gasteiger partial charge in [0, 0.05) is 51.7 Å². The van der Waals surface area contributed by atoms with Crippen LogP contribution in [0.3, 0.4) is 0 Å². The van der Waals surface area contributed by atoms with Gasteiger partial charge in [-0.05, 0) is 57.1 Å². The second-order valence-electron chi connectivity index (χ2n) is 9.79. The number of nitrogens with zero attached hydrogens (tertiary/aromatic N) is 1. The molecule has 0 aromatic heterocycles. The van der Waals surface area contributed by atoms with Crippen molar-refractivity contribution >= 4 is 23.6 Å². The number of hydrogen-bond donors (Lipinski definition) is 3. The summed E-state index contributed by atoms with van der Waals surface area (Å²) in [6.45, 7) is 8.66. The van der Waals surface area contributed by atoms with E-state index < -0.39 is 17.7 Å². The lowest BCUT2D eigenvalue weighted by Crippen LogP contribution is -2.50. The van der Waals surface area contributed by atoms with E-state index in [0.717, 1.165) is 17.3 Å². The Bertz CT molecular complexity index is 808. The van der Waals surface area contributed by atoms with Gasteiger partial charge in [0.1, 0.15) is 11.4 Å². The second kappa shape index (κ2) is 16.0. The Balaban J connectivity index is 2.73. The number of amides is 2. The number of nitrogens with one attached hydrogen (secondary N) is 1. The number of carbonyl (C=O) groups excluding carboxylic acids is 2. The van der Waals surface area contributed by atoms with Crippen LogP contribution in [0.15, 0.2) is 24.3 Å². The predicted octanol–water partition coefficient (Wildman–Crippen LogP) is 2.98. The topological polar surface area (TPSA) is 123 Å². The molecule has 0 saturated carbocycles. The van der Waals surface area contributed by atoms with Crippen LogP contribution >= 0.6 is 11.8 Å². The van der Waals surface area contributed by atoms with Crippen molar-refractivity contribution in [2.45, 2.75) is 64.7 Å². The van der Waals surface area contributed by atoms with Gasteiger partial charge in [0.05, 0.1) is 18.3 Å². The Morgan fingerprint density at radius 1 is 1.17 bits per heavy atom. The van der Waals surface area contributed by atoms with E-state index in [9.17, 15) is 14.7 Å². The molecule has 0 fully saturated rings. The van der Waals surface area contributed by atoms with E-state index in [1.165, 1.54) is 7.11 Å². The van der Waals surface area contributed by atoms with Crippen LogP contribution in [0.4, 0.5) is 0 Å². The third kappa shape index (κ3) is 10.6. The molecular formula is C26H44ClN3O6. The molecule has 0 aliphatic heterocycles. The molecule has 0 saturated heterocycles. The minimum absolute atomic E-state index is 0.00375. The molecule has 206 valence electrons. The third-order valence-electron chi connectivity index (χ3n) is 6.27. The zero-order valence-electron chi connectivity index (χ0n) is 22.5. The summed E-state index contributed by atoms with van der Waals surface area (Å²) in [5.41, 5.74) is 5.63. The van der Waals surface area contributed by atoms with Gasteiger partial charge in [-0.2, -0.15) is 0 Å². The number of benzene rings is 1. The summed E-state index contributed by atoms with van der Waals surface area (Å²) in [6.07, 6.45) is 1.12. The summed E-state index contributed by atoms with van der Waals surface area (Å²) in [5.74, 6) is -0.156. The standard InChI is InChI=1S/C26H44ClN3O6/c1-18(2)19(15-21(28)22(31)16-29-25(33)26(3,4)35-6)17-30(27)24(32)20-11-7-8-12-23(20)36-14-10-9-13-34-5/h7-8,11-12,18-19,21-22,31H,9-10,13-17,28H2,1-6H3,(H,29,33)/t19-,21+,22+/m1/s1. The van der Waals surface area contributed by atoms with Gasteiger partial charge in [-0.15, -0.1) is 0 Å². The molecule has 3 atom stereocenters. The van der Waals surface area contributed by atoms with Crippen LogP contribution in [0.2, 0.25) is 0 Å². The second-order valence-corrected chi connectivity index (χ2v) is 10.2.